The van der Waals surface area contributed by atoms with E-state index in [0.717, 1.165) is 6.54 Å². The molecule has 0 radical (unpaired) electrons. The first kappa shape index (κ1) is 8.34. The van der Waals surface area contributed by atoms with Crippen LogP contribution in [0.2, 0.25) is 0 Å². The van der Waals surface area contributed by atoms with Crippen molar-refractivity contribution in [2.24, 2.45) is 0 Å². The van der Waals surface area contributed by atoms with Crippen LogP contribution >= 0.6 is 0 Å². The summed E-state index contributed by atoms with van der Waals surface area (Å²) < 4.78 is 0. The number of benzene rings is 1. The summed E-state index contributed by atoms with van der Waals surface area (Å²) in [6, 6.07) is 8.49. The molecule has 0 amide bonds. The van der Waals surface area contributed by atoms with Gasteiger partial charge in [0.1, 0.15) is 7.85 Å². The molecule has 0 atom stereocenters. The Bertz CT molecular complexity index is 233. The Hall–Kier alpha value is -0.755. The molecule has 2 heteroatoms. The fraction of sp³-hybridized carbons (Fsp3) is 0.333. The largest absolute Gasteiger partial charge is 0.305 e. The zero-order valence-corrected chi connectivity index (χ0v) is 7.46. The summed E-state index contributed by atoms with van der Waals surface area (Å²) in [6.07, 6.45) is 0. The Kier molecular flexibility index (Phi) is 2.72. The highest BCUT2D eigenvalue weighted by Gasteiger charge is 1.96. The highest BCUT2D eigenvalue weighted by atomic mass is 15.0. The molecule has 0 heterocycles. The van der Waals surface area contributed by atoms with Gasteiger partial charge < -0.3 is 4.90 Å². The lowest BCUT2D eigenvalue weighted by Crippen LogP contribution is -2.18. The van der Waals surface area contributed by atoms with Crippen molar-refractivity contribution in [3.8, 4) is 0 Å². The number of nitrogens with zero attached hydrogens (tertiary/aromatic N) is 1. The number of hydrogen-bond donors (Lipinski definition) is 0. The molecular weight excluding hydrogens is 133 g/mol. The minimum Gasteiger partial charge on any atom is -0.305 e. The summed E-state index contributed by atoms with van der Waals surface area (Å²) in [7, 11) is 6.33. The Morgan fingerprint density at radius 3 is 2.45 bits per heavy atom. The Morgan fingerprint density at radius 1 is 1.27 bits per heavy atom. The summed E-state index contributed by atoms with van der Waals surface area (Å²) in [6.45, 7) is 1.03. The predicted octanol–water partition coefficient (Wildman–Crippen LogP) is 0.00660. The van der Waals surface area contributed by atoms with Crippen molar-refractivity contribution in [2.75, 3.05) is 14.1 Å². The van der Waals surface area contributed by atoms with E-state index in [4.69, 9.17) is 0 Å². The molecule has 0 bridgehead atoms. The van der Waals surface area contributed by atoms with Gasteiger partial charge in [0.25, 0.3) is 0 Å². The second-order valence-electron chi connectivity index (χ2n) is 3.16. The molecule has 0 spiro atoms. The molecule has 0 aliphatic carbocycles. The third-order valence-electron chi connectivity index (χ3n) is 1.75. The predicted molar refractivity (Wildman–Crippen MR) is 52.0 cm³/mol. The van der Waals surface area contributed by atoms with Crippen LogP contribution in [0, 0.1) is 0 Å². The molecule has 0 saturated carbocycles. The maximum absolute atomic E-state index is 2.18. The van der Waals surface area contributed by atoms with E-state index in [0.29, 0.717) is 0 Å². The molecular formula is C9H14BN. The van der Waals surface area contributed by atoms with Crippen molar-refractivity contribution in [3.05, 3.63) is 29.8 Å². The van der Waals surface area contributed by atoms with Crippen molar-refractivity contribution in [1.82, 2.24) is 4.90 Å². The summed E-state index contributed by atoms with van der Waals surface area (Å²) in [4.78, 5) is 2.18. The molecule has 11 heavy (non-hydrogen) atoms. The first-order valence-electron chi connectivity index (χ1n) is 3.89. The SMILES string of the molecule is Bc1ccccc1CN(C)C. The van der Waals surface area contributed by atoms with Crippen LogP contribution in [0.25, 0.3) is 0 Å². The minimum atomic E-state index is 1.03. The van der Waals surface area contributed by atoms with Crippen molar-refractivity contribution in [3.63, 3.8) is 0 Å². The molecule has 1 aromatic rings. The molecule has 0 N–H and O–H groups in total. The zero-order valence-electron chi connectivity index (χ0n) is 7.46. The summed E-state index contributed by atoms with van der Waals surface area (Å²) in [5, 5.41) is 0. The van der Waals surface area contributed by atoms with Gasteiger partial charge in [-0.3, -0.25) is 0 Å². The van der Waals surface area contributed by atoms with Gasteiger partial charge in [-0.15, -0.1) is 0 Å². The Balaban J connectivity index is 2.78. The maximum atomic E-state index is 2.18. The topological polar surface area (TPSA) is 3.24 Å². The molecule has 0 fully saturated rings. The van der Waals surface area contributed by atoms with Gasteiger partial charge in [-0.1, -0.05) is 29.7 Å². The average Bonchev–Trinajstić information content (AvgIpc) is 1.93. The second kappa shape index (κ2) is 3.58. The van der Waals surface area contributed by atoms with Crippen LogP contribution < -0.4 is 5.46 Å². The van der Waals surface area contributed by atoms with Crippen LogP contribution in [0.3, 0.4) is 0 Å². The van der Waals surface area contributed by atoms with Crippen LogP contribution in [-0.4, -0.2) is 26.8 Å². The molecule has 0 aliphatic rings. The molecule has 0 saturated heterocycles. The van der Waals surface area contributed by atoms with Gasteiger partial charge in [0.15, 0.2) is 0 Å². The van der Waals surface area contributed by atoms with E-state index in [1.807, 2.05) is 0 Å². The molecule has 1 rings (SSSR count). The lowest BCUT2D eigenvalue weighted by atomic mass is 9.90. The van der Waals surface area contributed by atoms with E-state index in [2.05, 4.69) is 51.1 Å². The van der Waals surface area contributed by atoms with E-state index >= 15 is 0 Å². The van der Waals surface area contributed by atoms with Gasteiger partial charge in [-0.25, -0.2) is 0 Å². The summed E-state index contributed by atoms with van der Waals surface area (Å²) in [5.41, 5.74) is 2.79. The third-order valence-corrected chi connectivity index (χ3v) is 1.75. The van der Waals surface area contributed by atoms with Gasteiger partial charge in [0, 0.05) is 6.54 Å². The average molecular weight is 147 g/mol. The number of hydrogen-bond acceptors (Lipinski definition) is 1. The summed E-state index contributed by atoms with van der Waals surface area (Å²) >= 11 is 0. The smallest absolute Gasteiger partial charge is 0.139 e. The van der Waals surface area contributed by atoms with E-state index in [1.54, 1.807) is 0 Å². The van der Waals surface area contributed by atoms with E-state index in [1.165, 1.54) is 11.0 Å². The van der Waals surface area contributed by atoms with Crippen molar-refractivity contribution in [1.29, 1.82) is 0 Å². The highest BCUT2D eigenvalue weighted by molar-refractivity contribution is 6.33. The molecule has 1 nitrogen and oxygen atoms in total. The molecule has 0 unspecified atom stereocenters. The first-order valence-corrected chi connectivity index (χ1v) is 3.89. The fourth-order valence-electron chi connectivity index (χ4n) is 1.13. The molecule has 1 aromatic carbocycles. The van der Waals surface area contributed by atoms with Gasteiger partial charge in [0.05, 0.1) is 0 Å². The minimum absolute atomic E-state index is 1.03. The Morgan fingerprint density at radius 2 is 1.91 bits per heavy atom. The molecule has 0 aromatic heterocycles. The van der Waals surface area contributed by atoms with Gasteiger partial charge in [-0.2, -0.15) is 0 Å². The van der Waals surface area contributed by atoms with Gasteiger partial charge in [0.2, 0.25) is 0 Å². The fourth-order valence-corrected chi connectivity index (χ4v) is 1.13. The van der Waals surface area contributed by atoms with Crippen LogP contribution in [0.4, 0.5) is 0 Å². The lowest BCUT2D eigenvalue weighted by molar-refractivity contribution is 0.403. The third kappa shape index (κ3) is 2.39. The van der Waals surface area contributed by atoms with Gasteiger partial charge in [-0.05, 0) is 19.7 Å². The number of rotatable bonds is 2. The molecule has 0 aliphatic heterocycles. The quantitative estimate of drug-likeness (QED) is 0.532. The second-order valence-corrected chi connectivity index (χ2v) is 3.16. The lowest BCUT2D eigenvalue weighted by Gasteiger charge is -2.11. The van der Waals surface area contributed by atoms with Crippen LogP contribution in [-0.2, 0) is 6.54 Å². The van der Waals surface area contributed by atoms with E-state index in [9.17, 15) is 0 Å². The normalized spacial score (nSPS) is 10.5. The van der Waals surface area contributed by atoms with Crippen LogP contribution in [0.1, 0.15) is 5.56 Å². The standard InChI is InChI=1S/C9H14BN/c1-11(2)7-8-5-3-4-6-9(8)10/h3-6H,7,10H2,1-2H3. The van der Waals surface area contributed by atoms with Crippen LogP contribution in [0.15, 0.2) is 24.3 Å². The van der Waals surface area contributed by atoms with Crippen molar-refractivity contribution >= 4 is 13.3 Å². The zero-order chi connectivity index (χ0) is 8.27. The van der Waals surface area contributed by atoms with Crippen molar-refractivity contribution in [2.45, 2.75) is 6.54 Å². The molecule has 58 valence electrons. The van der Waals surface area contributed by atoms with Crippen molar-refractivity contribution < 1.29 is 0 Å². The van der Waals surface area contributed by atoms with E-state index in [-0.39, 0.29) is 0 Å². The highest BCUT2D eigenvalue weighted by Crippen LogP contribution is 1.96. The van der Waals surface area contributed by atoms with Gasteiger partial charge >= 0.3 is 0 Å². The first-order chi connectivity index (χ1) is 5.20. The summed E-state index contributed by atoms with van der Waals surface area (Å²) in [5.74, 6) is 0. The monoisotopic (exact) mass is 147 g/mol. The Labute approximate surface area is 69.4 Å². The van der Waals surface area contributed by atoms with Crippen LogP contribution in [0.5, 0.6) is 0 Å². The maximum Gasteiger partial charge on any atom is 0.139 e. The van der Waals surface area contributed by atoms with E-state index < -0.39 is 0 Å².